The van der Waals surface area contributed by atoms with Gasteiger partial charge in [-0.2, -0.15) is 0 Å². The van der Waals surface area contributed by atoms with Gasteiger partial charge in [-0.15, -0.1) is 0 Å². The molecule has 28 heavy (non-hydrogen) atoms. The van der Waals surface area contributed by atoms with E-state index in [0.717, 1.165) is 18.2 Å². The maximum atomic E-state index is 12.1. The summed E-state index contributed by atoms with van der Waals surface area (Å²) in [6.45, 7) is 0. The van der Waals surface area contributed by atoms with Gasteiger partial charge in [0.15, 0.2) is 0 Å². The zero-order valence-corrected chi connectivity index (χ0v) is 16.6. The van der Waals surface area contributed by atoms with E-state index in [4.69, 9.17) is 11.6 Å². The molecule has 0 aliphatic carbocycles. The van der Waals surface area contributed by atoms with Crippen molar-refractivity contribution >= 4 is 49.7 Å². The highest BCUT2D eigenvalue weighted by Crippen LogP contribution is 2.33. The van der Waals surface area contributed by atoms with Gasteiger partial charge in [0.05, 0.1) is 25.9 Å². The summed E-state index contributed by atoms with van der Waals surface area (Å²) >= 11 is 6.29. The molecule has 10 nitrogen and oxygen atoms in total. The standard InChI is InChI=1S/C16H16ClN5O5S/c1-18-28(26,27)10-4-5-13(22(24)25)12(8-10)19-9-6-11(17)15-14(7-9)20(2)16(23)21(15)3/h4-8,18-19H,1-3H3. The number of aryl methyl sites for hydroxylation is 2. The molecule has 0 aliphatic rings. The van der Waals surface area contributed by atoms with Crippen molar-refractivity contribution in [2.45, 2.75) is 4.90 Å². The van der Waals surface area contributed by atoms with Gasteiger partial charge < -0.3 is 5.32 Å². The molecule has 0 unspecified atom stereocenters. The van der Waals surface area contributed by atoms with Gasteiger partial charge in [0.25, 0.3) is 5.69 Å². The average molecular weight is 426 g/mol. The smallest absolute Gasteiger partial charge is 0.328 e. The van der Waals surface area contributed by atoms with Crippen molar-refractivity contribution in [2.24, 2.45) is 14.1 Å². The highest BCUT2D eigenvalue weighted by Gasteiger charge is 2.20. The highest BCUT2D eigenvalue weighted by molar-refractivity contribution is 7.89. The maximum Gasteiger partial charge on any atom is 0.328 e. The van der Waals surface area contributed by atoms with E-state index in [1.54, 1.807) is 20.2 Å². The zero-order valence-electron chi connectivity index (χ0n) is 15.1. The molecule has 0 amide bonds. The monoisotopic (exact) mass is 425 g/mol. The summed E-state index contributed by atoms with van der Waals surface area (Å²) in [5, 5.41) is 14.5. The molecule has 148 valence electrons. The van der Waals surface area contributed by atoms with Crippen molar-refractivity contribution in [1.82, 2.24) is 13.9 Å². The topological polar surface area (TPSA) is 128 Å². The first-order chi connectivity index (χ1) is 13.1. The van der Waals surface area contributed by atoms with E-state index in [-0.39, 0.29) is 27.0 Å². The summed E-state index contributed by atoms with van der Waals surface area (Å²) in [5.74, 6) is 0. The highest BCUT2D eigenvalue weighted by atomic mass is 35.5. The number of hydrogen-bond acceptors (Lipinski definition) is 6. The summed E-state index contributed by atoms with van der Waals surface area (Å²) in [6, 6.07) is 6.52. The van der Waals surface area contributed by atoms with Crippen LogP contribution in [0, 0.1) is 10.1 Å². The Hall–Kier alpha value is -2.89. The fourth-order valence-corrected chi connectivity index (χ4v) is 3.98. The van der Waals surface area contributed by atoms with Crippen LogP contribution in [0.15, 0.2) is 40.0 Å². The first-order valence-electron chi connectivity index (χ1n) is 7.91. The number of halogens is 1. The number of anilines is 2. The summed E-state index contributed by atoms with van der Waals surface area (Å²) < 4.78 is 29.0. The predicted octanol–water partition coefficient (Wildman–Crippen LogP) is 2.09. The lowest BCUT2D eigenvalue weighted by Gasteiger charge is -2.11. The number of nitrogens with zero attached hydrogens (tertiary/aromatic N) is 3. The van der Waals surface area contributed by atoms with Crippen LogP contribution in [0.3, 0.4) is 0 Å². The molecule has 0 fully saturated rings. The fourth-order valence-electron chi connectivity index (χ4n) is 2.88. The molecule has 1 heterocycles. The van der Waals surface area contributed by atoms with E-state index in [9.17, 15) is 23.3 Å². The molecule has 0 atom stereocenters. The van der Waals surface area contributed by atoms with Gasteiger partial charge in [0.2, 0.25) is 10.0 Å². The number of nitrogens with one attached hydrogen (secondary N) is 2. The van der Waals surface area contributed by atoms with Crippen LogP contribution in [0.4, 0.5) is 17.1 Å². The van der Waals surface area contributed by atoms with Crippen molar-refractivity contribution < 1.29 is 13.3 Å². The van der Waals surface area contributed by atoms with Crippen LogP contribution in [0.1, 0.15) is 0 Å². The molecule has 2 N–H and O–H groups in total. The molecule has 2 aromatic carbocycles. The van der Waals surface area contributed by atoms with Gasteiger partial charge in [-0.05, 0) is 31.3 Å². The number of nitro groups is 1. The SMILES string of the molecule is CNS(=O)(=O)c1ccc([N+](=O)[O-])c(Nc2cc(Cl)c3c(c2)n(C)c(=O)n3C)c1. The predicted molar refractivity (Wildman–Crippen MR) is 106 cm³/mol. The number of aromatic nitrogens is 2. The Labute approximate surface area is 164 Å². The Morgan fingerprint density at radius 2 is 1.82 bits per heavy atom. The molecular weight excluding hydrogens is 410 g/mol. The summed E-state index contributed by atoms with van der Waals surface area (Å²) in [4.78, 5) is 22.7. The molecule has 0 aliphatic heterocycles. The third-order valence-corrected chi connectivity index (χ3v) is 6.04. The molecule has 0 radical (unpaired) electrons. The first-order valence-corrected chi connectivity index (χ1v) is 9.77. The van der Waals surface area contributed by atoms with E-state index in [0.29, 0.717) is 16.7 Å². The molecule has 12 heteroatoms. The Morgan fingerprint density at radius 1 is 1.14 bits per heavy atom. The van der Waals surface area contributed by atoms with E-state index in [2.05, 4.69) is 10.0 Å². The molecule has 3 rings (SSSR count). The van der Waals surface area contributed by atoms with Gasteiger partial charge in [-0.3, -0.25) is 19.2 Å². The van der Waals surface area contributed by atoms with Crippen LogP contribution in [0.2, 0.25) is 5.02 Å². The lowest BCUT2D eigenvalue weighted by atomic mass is 10.2. The molecule has 3 aromatic rings. The fraction of sp³-hybridized carbons (Fsp3) is 0.188. The van der Waals surface area contributed by atoms with Gasteiger partial charge in [-0.1, -0.05) is 11.6 Å². The van der Waals surface area contributed by atoms with Crippen LogP contribution in [-0.4, -0.2) is 29.5 Å². The third-order valence-electron chi connectivity index (χ3n) is 4.34. The third kappa shape index (κ3) is 3.23. The Balaban J connectivity index is 2.18. The second kappa shape index (κ2) is 6.93. The molecular formula is C16H16ClN5O5S. The van der Waals surface area contributed by atoms with Crippen molar-refractivity contribution in [3.8, 4) is 0 Å². The number of benzene rings is 2. The van der Waals surface area contributed by atoms with Gasteiger partial charge >= 0.3 is 5.69 Å². The van der Waals surface area contributed by atoms with Crippen molar-refractivity contribution in [2.75, 3.05) is 12.4 Å². The molecule has 0 bridgehead atoms. The minimum Gasteiger partial charge on any atom is -0.350 e. The summed E-state index contributed by atoms with van der Waals surface area (Å²) in [5.41, 5.74) is 0.777. The second-order valence-electron chi connectivity index (χ2n) is 6.00. The van der Waals surface area contributed by atoms with E-state index < -0.39 is 14.9 Å². The number of imidazole rings is 1. The molecule has 0 spiro atoms. The van der Waals surface area contributed by atoms with Crippen LogP contribution < -0.4 is 15.7 Å². The summed E-state index contributed by atoms with van der Waals surface area (Å²) in [6.07, 6.45) is 0. The number of sulfonamides is 1. The maximum absolute atomic E-state index is 12.1. The van der Waals surface area contributed by atoms with E-state index >= 15 is 0 Å². The number of hydrogen-bond donors (Lipinski definition) is 2. The van der Waals surface area contributed by atoms with Crippen LogP contribution >= 0.6 is 11.6 Å². The number of nitro benzene ring substituents is 1. The van der Waals surface area contributed by atoms with Crippen molar-refractivity contribution in [3.63, 3.8) is 0 Å². The number of rotatable bonds is 5. The molecule has 1 aromatic heterocycles. The summed E-state index contributed by atoms with van der Waals surface area (Å²) in [7, 11) is 0.609. The Kier molecular flexibility index (Phi) is 4.91. The van der Waals surface area contributed by atoms with Crippen LogP contribution in [0.5, 0.6) is 0 Å². The quantitative estimate of drug-likeness (QED) is 0.475. The second-order valence-corrected chi connectivity index (χ2v) is 8.29. The van der Waals surface area contributed by atoms with Crippen LogP contribution in [-0.2, 0) is 24.1 Å². The normalized spacial score (nSPS) is 11.7. The Morgan fingerprint density at radius 3 is 2.43 bits per heavy atom. The largest absolute Gasteiger partial charge is 0.350 e. The van der Waals surface area contributed by atoms with Gasteiger partial charge in [-0.25, -0.2) is 17.9 Å². The van der Waals surface area contributed by atoms with E-state index in [1.807, 2.05) is 0 Å². The number of fused-ring (bicyclic) bond motifs is 1. The minimum absolute atomic E-state index is 0.0299. The van der Waals surface area contributed by atoms with Gasteiger partial charge in [0, 0.05) is 25.8 Å². The zero-order chi connectivity index (χ0) is 20.8. The molecule has 0 saturated carbocycles. The lowest BCUT2D eigenvalue weighted by Crippen LogP contribution is -2.19. The first kappa shape index (κ1) is 19.9. The average Bonchev–Trinajstić information content (AvgIpc) is 2.86. The van der Waals surface area contributed by atoms with Crippen molar-refractivity contribution in [1.29, 1.82) is 0 Å². The van der Waals surface area contributed by atoms with Gasteiger partial charge in [0.1, 0.15) is 5.69 Å². The molecule has 0 saturated heterocycles. The van der Waals surface area contributed by atoms with E-state index in [1.165, 1.54) is 22.2 Å². The lowest BCUT2D eigenvalue weighted by molar-refractivity contribution is -0.384. The van der Waals surface area contributed by atoms with Crippen molar-refractivity contribution in [3.05, 3.63) is 56.0 Å². The van der Waals surface area contributed by atoms with Crippen LogP contribution in [0.25, 0.3) is 11.0 Å². The Bertz CT molecular complexity index is 1280. The minimum atomic E-state index is -3.79.